The molecule has 3 heterocycles. The molecule has 3 aromatic rings. The van der Waals surface area contributed by atoms with Crippen LogP contribution in [0.2, 0.25) is 0 Å². The summed E-state index contributed by atoms with van der Waals surface area (Å²) in [6.45, 7) is 6.73. The Bertz CT molecular complexity index is 1340. The van der Waals surface area contributed by atoms with Crippen molar-refractivity contribution in [1.82, 2.24) is 15.0 Å². The van der Waals surface area contributed by atoms with Crippen LogP contribution in [0.3, 0.4) is 0 Å². The topological polar surface area (TPSA) is 81.8 Å². The highest BCUT2D eigenvalue weighted by atomic mass is 16.2. The molecule has 6 nitrogen and oxygen atoms in total. The van der Waals surface area contributed by atoms with Gasteiger partial charge in [-0.05, 0) is 60.8 Å². The quantitative estimate of drug-likeness (QED) is 0.548. The van der Waals surface area contributed by atoms with Gasteiger partial charge in [0.25, 0.3) is 5.56 Å². The molecule has 2 N–H and O–H groups in total. The molecule has 1 aromatic carbocycles. The van der Waals surface area contributed by atoms with Crippen LogP contribution < -0.4 is 16.1 Å². The lowest BCUT2D eigenvalue weighted by Crippen LogP contribution is -2.41. The van der Waals surface area contributed by atoms with E-state index in [0.29, 0.717) is 17.4 Å². The summed E-state index contributed by atoms with van der Waals surface area (Å²) in [5.74, 6) is 1.20. The summed E-state index contributed by atoms with van der Waals surface area (Å²) in [7, 11) is 0. The standard InChI is InChI=1S/C29H34N4O2/c1-29(2)15-7-17-33(19-29)26-23(10-6-16-30-26)21-11-13-22(14-12-21)25-24(27(34)32-28(35)31-25)18-20-8-4-3-5-9-20/h3-6,8-11,16,22H,7,12-15,17-19H2,1-2H3,(H2,31,32,34,35). The van der Waals surface area contributed by atoms with Crippen molar-refractivity contribution >= 4 is 11.4 Å². The average Bonchev–Trinajstić information content (AvgIpc) is 2.86. The van der Waals surface area contributed by atoms with Crippen LogP contribution in [0.15, 0.2) is 64.3 Å². The SMILES string of the molecule is CC1(C)CCCN(c2ncccc2C2=CCC(c3[nH]c(=O)[nH]c(=O)c3Cc3ccccc3)CC2)C1. The second-order valence-corrected chi connectivity index (χ2v) is 10.7. The molecule has 0 bridgehead atoms. The highest BCUT2D eigenvalue weighted by Crippen LogP contribution is 2.40. The largest absolute Gasteiger partial charge is 0.356 e. The van der Waals surface area contributed by atoms with Crippen molar-refractivity contribution < 1.29 is 0 Å². The smallest absolute Gasteiger partial charge is 0.325 e. The zero-order chi connectivity index (χ0) is 24.4. The minimum Gasteiger partial charge on any atom is -0.356 e. The van der Waals surface area contributed by atoms with E-state index in [1.807, 2.05) is 42.6 Å². The van der Waals surface area contributed by atoms with E-state index >= 15 is 0 Å². The number of hydrogen-bond donors (Lipinski definition) is 2. The second-order valence-electron chi connectivity index (χ2n) is 10.7. The van der Waals surface area contributed by atoms with Crippen LogP contribution in [0.1, 0.15) is 74.3 Å². The first kappa shape index (κ1) is 23.3. The Labute approximate surface area is 206 Å². The van der Waals surface area contributed by atoms with Crippen LogP contribution in [0.4, 0.5) is 5.82 Å². The molecule has 0 amide bonds. The van der Waals surface area contributed by atoms with Crippen molar-refractivity contribution in [3.8, 4) is 0 Å². The number of H-pyrrole nitrogens is 2. The molecule has 35 heavy (non-hydrogen) atoms. The van der Waals surface area contributed by atoms with Gasteiger partial charge >= 0.3 is 5.69 Å². The number of rotatable bonds is 5. The Morgan fingerprint density at radius 1 is 1.09 bits per heavy atom. The van der Waals surface area contributed by atoms with E-state index in [2.05, 4.69) is 40.9 Å². The van der Waals surface area contributed by atoms with Crippen molar-refractivity contribution in [2.24, 2.45) is 5.41 Å². The molecule has 2 aliphatic rings. The number of aromatic amines is 2. The molecule has 1 unspecified atom stereocenters. The zero-order valence-electron chi connectivity index (χ0n) is 20.6. The third-order valence-corrected chi connectivity index (χ3v) is 7.45. The zero-order valence-corrected chi connectivity index (χ0v) is 20.6. The molecule has 1 fully saturated rings. The third kappa shape index (κ3) is 5.16. The molecular formula is C29H34N4O2. The molecule has 182 valence electrons. The minimum absolute atomic E-state index is 0.113. The predicted octanol–water partition coefficient (Wildman–Crippen LogP) is 5.03. The third-order valence-electron chi connectivity index (χ3n) is 7.45. The monoisotopic (exact) mass is 470 g/mol. The fourth-order valence-corrected chi connectivity index (χ4v) is 5.70. The molecule has 6 heteroatoms. The average molecular weight is 471 g/mol. The first-order valence-electron chi connectivity index (χ1n) is 12.7. The lowest BCUT2D eigenvalue weighted by atomic mass is 9.82. The van der Waals surface area contributed by atoms with Gasteiger partial charge in [-0.3, -0.25) is 9.78 Å². The number of nitrogens with zero attached hydrogens (tertiary/aromatic N) is 2. The summed E-state index contributed by atoms with van der Waals surface area (Å²) in [5, 5.41) is 0. The van der Waals surface area contributed by atoms with Gasteiger partial charge in [-0.25, -0.2) is 9.78 Å². The number of anilines is 1. The lowest BCUT2D eigenvalue weighted by molar-refractivity contribution is 0.292. The van der Waals surface area contributed by atoms with E-state index in [4.69, 9.17) is 4.98 Å². The van der Waals surface area contributed by atoms with E-state index in [0.717, 1.165) is 49.4 Å². The summed E-state index contributed by atoms with van der Waals surface area (Å²) < 4.78 is 0. The highest BCUT2D eigenvalue weighted by molar-refractivity contribution is 5.75. The molecule has 1 aliphatic carbocycles. The van der Waals surface area contributed by atoms with Gasteiger partial charge in [0, 0.05) is 48.4 Å². The fourth-order valence-electron chi connectivity index (χ4n) is 5.70. The van der Waals surface area contributed by atoms with Crippen LogP contribution in [0, 0.1) is 5.41 Å². The highest BCUT2D eigenvalue weighted by Gasteiger charge is 2.29. The normalized spacial score (nSPS) is 19.9. The van der Waals surface area contributed by atoms with Crippen LogP contribution in [0.5, 0.6) is 0 Å². The maximum absolute atomic E-state index is 12.8. The Balaban J connectivity index is 1.42. The minimum atomic E-state index is -0.432. The number of piperidine rings is 1. The van der Waals surface area contributed by atoms with Crippen molar-refractivity contribution in [2.45, 2.75) is 58.3 Å². The summed E-state index contributed by atoms with van der Waals surface area (Å²) in [6, 6.07) is 14.1. The number of nitrogens with one attached hydrogen (secondary N) is 2. The summed E-state index contributed by atoms with van der Waals surface area (Å²) >= 11 is 0. The van der Waals surface area contributed by atoms with Gasteiger partial charge in [-0.1, -0.05) is 50.3 Å². The maximum Gasteiger partial charge on any atom is 0.325 e. The molecule has 0 radical (unpaired) electrons. The summed E-state index contributed by atoms with van der Waals surface area (Å²) in [6.07, 6.45) is 9.68. The molecule has 1 saturated heterocycles. The maximum atomic E-state index is 12.8. The van der Waals surface area contributed by atoms with Crippen LogP contribution in [0.25, 0.3) is 5.57 Å². The Morgan fingerprint density at radius 2 is 1.91 bits per heavy atom. The first-order valence-corrected chi connectivity index (χ1v) is 12.7. The number of allylic oxidation sites excluding steroid dienone is 2. The number of aromatic nitrogens is 3. The molecule has 1 atom stereocenters. The number of hydrogen-bond acceptors (Lipinski definition) is 4. The summed E-state index contributed by atoms with van der Waals surface area (Å²) in [5.41, 5.74) is 4.60. The van der Waals surface area contributed by atoms with Crippen LogP contribution >= 0.6 is 0 Å². The van der Waals surface area contributed by atoms with Gasteiger partial charge < -0.3 is 9.88 Å². The van der Waals surface area contributed by atoms with Crippen LogP contribution in [-0.2, 0) is 6.42 Å². The fraction of sp³-hybridized carbons (Fsp3) is 0.414. The molecule has 1 aliphatic heterocycles. The van der Waals surface area contributed by atoms with Gasteiger partial charge in [0.05, 0.1) is 0 Å². The molecule has 0 saturated carbocycles. The Hall–Kier alpha value is -3.41. The van der Waals surface area contributed by atoms with Gasteiger partial charge in [0.15, 0.2) is 0 Å². The van der Waals surface area contributed by atoms with Crippen LogP contribution in [-0.4, -0.2) is 28.0 Å². The summed E-state index contributed by atoms with van der Waals surface area (Å²) in [4.78, 5) is 37.6. The van der Waals surface area contributed by atoms with Crippen molar-refractivity contribution in [2.75, 3.05) is 18.0 Å². The van der Waals surface area contributed by atoms with Gasteiger partial charge in [0.2, 0.25) is 0 Å². The van der Waals surface area contributed by atoms with Gasteiger partial charge in [-0.15, -0.1) is 0 Å². The Kier molecular flexibility index (Phi) is 6.46. The van der Waals surface area contributed by atoms with E-state index in [-0.39, 0.29) is 11.5 Å². The van der Waals surface area contributed by atoms with Crippen molar-refractivity contribution in [3.05, 3.63) is 98.0 Å². The van der Waals surface area contributed by atoms with Gasteiger partial charge in [-0.2, -0.15) is 0 Å². The molecule has 2 aromatic heterocycles. The number of benzene rings is 1. The van der Waals surface area contributed by atoms with E-state index in [9.17, 15) is 9.59 Å². The molecular weight excluding hydrogens is 436 g/mol. The van der Waals surface area contributed by atoms with E-state index in [1.54, 1.807) is 0 Å². The van der Waals surface area contributed by atoms with E-state index in [1.165, 1.54) is 24.0 Å². The molecule has 0 spiro atoms. The predicted molar refractivity (Wildman–Crippen MR) is 141 cm³/mol. The second kappa shape index (κ2) is 9.68. The number of pyridine rings is 1. The van der Waals surface area contributed by atoms with Gasteiger partial charge in [0.1, 0.15) is 5.82 Å². The van der Waals surface area contributed by atoms with Crippen molar-refractivity contribution in [1.29, 1.82) is 0 Å². The van der Waals surface area contributed by atoms with E-state index < -0.39 is 5.69 Å². The molecule has 5 rings (SSSR count). The first-order chi connectivity index (χ1) is 16.9. The Morgan fingerprint density at radius 3 is 2.66 bits per heavy atom. The lowest BCUT2D eigenvalue weighted by Gasteiger charge is -2.39. The van der Waals surface area contributed by atoms with Crippen molar-refractivity contribution in [3.63, 3.8) is 0 Å².